The highest BCUT2D eigenvalue weighted by molar-refractivity contribution is 4.77. The molecular weight excluding hydrogens is 198 g/mol. The Balaban J connectivity index is 3.96. The first kappa shape index (κ1) is 15.9. The van der Waals surface area contributed by atoms with Crippen molar-refractivity contribution in [1.29, 1.82) is 0 Å². The first-order valence-corrected chi connectivity index (χ1v) is 6.72. The molecule has 2 nitrogen and oxygen atoms in total. The van der Waals surface area contributed by atoms with E-state index in [1.807, 2.05) is 0 Å². The van der Waals surface area contributed by atoms with Crippen LogP contribution in [0.15, 0.2) is 0 Å². The topological polar surface area (TPSA) is 32.3 Å². The second-order valence-corrected chi connectivity index (χ2v) is 6.14. The first-order chi connectivity index (χ1) is 7.31. The van der Waals surface area contributed by atoms with Crippen molar-refractivity contribution in [3.63, 3.8) is 0 Å². The zero-order chi connectivity index (χ0) is 12.8. The lowest BCUT2D eigenvalue weighted by atomic mass is 9.88. The minimum absolute atomic E-state index is 0.0261. The molecule has 3 atom stereocenters. The van der Waals surface area contributed by atoms with Crippen molar-refractivity contribution in [2.45, 2.75) is 73.0 Å². The maximum Gasteiger partial charge on any atom is 0.0712 e. The van der Waals surface area contributed by atoms with Crippen molar-refractivity contribution < 1.29 is 5.11 Å². The van der Waals surface area contributed by atoms with E-state index in [2.05, 4.69) is 46.9 Å². The van der Waals surface area contributed by atoms with Crippen molar-refractivity contribution in [2.24, 2.45) is 11.3 Å². The fourth-order valence-corrected chi connectivity index (χ4v) is 1.63. The van der Waals surface area contributed by atoms with E-state index in [1.165, 1.54) is 12.8 Å². The Labute approximate surface area is 102 Å². The van der Waals surface area contributed by atoms with Gasteiger partial charge >= 0.3 is 0 Å². The van der Waals surface area contributed by atoms with Crippen LogP contribution in [0, 0.1) is 11.3 Å². The molecule has 0 aliphatic carbocycles. The van der Waals surface area contributed by atoms with E-state index in [0.717, 1.165) is 12.3 Å². The van der Waals surface area contributed by atoms with Gasteiger partial charge in [-0.3, -0.25) is 0 Å². The fraction of sp³-hybridized carbons (Fsp3) is 1.00. The van der Waals surface area contributed by atoms with E-state index in [0.29, 0.717) is 12.6 Å². The second kappa shape index (κ2) is 7.29. The first-order valence-electron chi connectivity index (χ1n) is 6.72. The molecule has 98 valence electrons. The molecule has 0 aliphatic heterocycles. The third kappa shape index (κ3) is 6.49. The van der Waals surface area contributed by atoms with Gasteiger partial charge in [-0.1, -0.05) is 48.0 Å². The van der Waals surface area contributed by atoms with Gasteiger partial charge in [0.1, 0.15) is 0 Å². The fourth-order valence-electron chi connectivity index (χ4n) is 1.63. The molecule has 0 radical (unpaired) electrons. The molecule has 0 bridgehead atoms. The Bertz CT molecular complexity index is 174. The van der Waals surface area contributed by atoms with Crippen molar-refractivity contribution in [2.75, 3.05) is 6.54 Å². The van der Waals surface area contributed by atoms with E-state index in [9.17, 15) is 5.11 Å². The Morgan fingerprint density at radius 1 is 1.12 bits per heavy atom. The van der Waals surface area contributed by atoms with Crippen molar-refractivity contribution in [1.82, 2.24) is 5.32 Å². The number of hydrogen-bond acceptors (Lipinski definition) is 2. The minimum Gasteiger partial charge on any atom is -0.391 e. The summed E-state index contributed by atoms with van der Waals surface area (Å²) in [5.41, 5.74) is -0.0261. The summed E-state index contributed by atoms with van der Waals surface area (Å²) in [5, 5.41) is 13.4. The maximum atomic E-state index is 9.96. The average Bonchev–Trinajstić information content (AvgIpc) is 2.21. The molecule has 0 saturated heterocycles. The summed E-state index contributed by atoms with van der Waals surface area (Å²) in [6, 6.07) is 0.548. The van der Waals surface area contributed by atoms with Crippen LogP contribution in [0.3, 0.4) is 0 Å². The molecule has 0 aromatic rings. The van der Waals surface area contributed by atoms with Gasteiger partial charge in [-0.15, -0.1) is 0 Å². The molecule has 0 aromatic heterocycles. The number of nitrogens with one attached hydrogen (secondary N) is 1. The number of aliphatic hydroxyl groups is 1. The SMILES string of the molecule is CCC(C)CC(CC)NCC(O)C(C)(C)C. The summed E-state index contributed by atoms with van der Waals surface area (Å²) in [7, 11) is 0. The summed E-state index contributed by atoms with van der Waals surface area (Å²) in [4.78, 5) is 0. The summed E-state index contributed by atoms with van der Waals surface area (Å²) >= 11 is 0. The van der Waals surface area contributed by atoms with Crippen LogP contribution < -0.4 is 5.32 Å². The molecule has 2 N–H and O–H groups in total. The van der Waals surface area contributed by atoms with E-state index in [-0.39, 0.29) is 11.5 Å². The monoisotopic (exact) mass is 229 g/mol. The van der Waals surface area contributed by atoms with Gasteiger partial charge in [-0.05, 0) is 24.2 Å². The number of hydrogen-bond donors (Lipinski definition) is 2. The molecule has 2 heteroatoms. The molecule has 3 unspecified atom stereocenters. The van der Waals surface area contributed by atoms with E-state index < -0.39 is 0 Å². The van der Waals surface area contributed by atoms with Gasteiger partial charge < -0.3 is 10.4 Å². The summed E-state index contributed by atoms with van der Waals surface area (Å²) in [5.74, 6) is 0.768. The van der Waals surface area contributed by atoms with Crippen molar-refractivity contribution in [3.05, 3.63) is 0 Å². The Morgan fingerprint density at radius 2 is 1.69 bits per heavy atom. The lowest BCUT2D eigenvalue weighted by Crippen LogP contribution is -2.41. The summed E-state index contributed by atoms with van der Waals surface area (Å²) < 4.78 is 0. The molecule has 0 saturated carbocycles. The van der Waals surface area contributed by atoms with Crippen LogP contribution in [0.1, 0.15) is 60.8 Å². The predicted octanol–water partition coefficient (Wildman–Crippen LogP) is 3.20. The van der Waals surface area contributed by atoms with Gasteiger partial charge in [-0.2, -0.15) is 0 Å². The lowest BCUT2D eigenvalue weighted by Gasteiger charge is -2.29. The van der Waals surface area contributed by atoms with Crippen LogP contribution in [0.4, 0.5) is 0 Å². The maximum absolute atomic E-state index is 9.96. The van der Waals surface area contributed by atoms with Gasteiger partial charge in [0.15, 0.2) is 0 Å². The van der Waals surface area contributed by atoms with Crippen LogP contribution in [-0.2, 0) is 0 Å². The van der Waals surface area contributed by atoms with Gasteiger partial charge in [0, 0.05) is 12.6 Å². The van der Waals surface area contributed by atoms with Crippen molar-refractivity contribution >= 4 is 0 Å². The number of aliphatic hydroxyl groups excluding tert-OH is 1. The van der Waals surface area contributed by atoms with Crippen molar-refractivity contribution in [3.8, 4) is 0 Å². The third-order valence-electron chi connectivity index (χ3n) is 3.48. The smallest absolute Gasteiger partial charge is 0.0712 e. The van der Waals surface area contributed by atoms with Crippen LogP contribution in [0.2, 0.25) is 0 Å². The standard InChI is InChI=1S/C14H31NO/c1-7-11(3)9-12(8-2)15-10-13(16)14(4,5)6/h11-13,15-16H,7-10H2,1-6H3. The van der Waals surface area contributed by atoms with Gasteiger partial charge in [0.05, 0.1) is 6.10 Å². The molecule has 0 rings (SSSR count). The predicted molar refractivity (Wildman–Crippen MR) is 71.6 cm³/mol. The molecule has 0 amide bonds. The highest BCUT2D eigenvalue weighted by Gasteiger charge is 2.22. The van der Waals surface area contributed by atoms with Gasteiger partial charge in [0.2, 0.25) is 0 Å². The van der Waals surface area contributed by atoms with E-state index in [4.69, 9.17) is 0 Å². The molecule has 0 heterocycles. The molecule has 0 aliphatic rings. The van der Waals surface area contributed by atoms with E-state index in [1.54, 1.807) is 0 Å². The minimum atomic E-state index is -0.265. The molecule has 0 aromatic carbocycles. The number of rotatable bonds is 7. The summed E-state index contributed by atoms with van der Waals surface area (Å²) in [6.07, 6.45) is 3.32. The Kier molecular flexibility index (Phi) is 7.25. The quantitative estimate of drug-likeness (QED) is 0.702. The zero-order valence-electron chi connectivity index (χ0n) is 12.0. The van der Waals surface area contributed by atoms with Crippen LogP contribution in [0.5, 0.6) is 0 Å². The van der Waals surface area contributed by atoms with Crippen LogP contribution >= 0.6 is 0 Å². The molecule has 16 heavy (non-hydrogen) atoms. The lowest BCUT2D eigenvalue weighted by molar-refractivity contribution is 0.0595. The summed E-state index contributed by atoms with van der Waals surface area (Å²) in [6.45, 7) is 13.7. The van der Waals surface area contributed by atoms with Crippen LogP contribution in [-0.4, -0.2) is 23.8 Å². The Hall–Kier alpha value is -0.0800. The largest absolute Gasteiger partial charge is 0.391 e. The zero-order valence-corrected chi connectivity index (χ0v) is 12.0. The van der Waals surface area contributed by atoms with Gasteiger partial charge in [-0.25, -0.2) is 0 Å². The molecule has 0 fully saturated rings. The highest BCUT2D eigenvalue weighted by Crippen LogP contribution is 2.19. The highest BCUT2D eigenvalue weighted by atomic mass is 16.3. The normalized spacial score (nSPS) is 18.2. The Morgan fingerprint density at radius 3 is 2.06 bits per heavy atom. The molecule has 0 spiro atoms. The second-order valence-electron chi connectivity index (χ2n) is 6.14. The van der Waals surface area contributed by atoms with Gasteiger partial charge in [0.25, 0.3) is 0 Å². The third-order valence-corrected chi connectivity index (χ3v) is 3.48. The molecular formula is C14H31NO. The van der Waals surface area contributed by atoms with Crippen LogP contribution in [0.25, 0.3) is 0 Å². The van der Waals surface area contributed by atoms with E-state index >= 15 is 0 Å². The average molecular weight is 229 g/mol.